The summed E-state index contributed by atoms with van der Waals surface area (Å²) in [5.41, 5.74) is 1.26. The smallest absolute Gasteiger partial charge is 0.354 e. The van der Waals surface area contributed by atoms with Gasteiger partial charge < -0.3 is 10.2 Å². The molecule has 1 N–H and O–H groups in total. The molecule has 0 aliphatic heterocycles. The van der Waals surface area contributed by atoms with E-state index in [2.05, 4.69) is 25.3 Å². The number of nitrogens with one attached hydrogen (secondary N) is 1. The fraction of sp³-hybridized carbons (Fsp3) is 0.261. The highest BCUT2D eigenvalue weighted by Gasteiger charge is 2.31. The van der Waals surface area contributed by atoms with Crippen LogP contribution in [-0.2, 0) is 6.18 Å². The molecule has 3 aromatic heterocycles. The lowest BCUT2D eigenvalue weighted by atomic mass is 10.0. The number of rotatable bonds is 7. The van der Waals surface area contributed by atoms with E-state index in [0.29, 0.717) is 40.5 Å². The van der Waals surface area contributed by atoms with E-state index < -0.39 is 17.6 Å². The third kappa shape index (κ3) is 5.13. The van der Waals surface area contributed by atoms with Crippen molar-refractivity contribution >= 4 is 23.1 Å². The van der Waals surface area contributed by atoms with Crippen LogP contribution >= 0.6 is 11.6 Å². The van der Waals surface area contributed by atoms with Crippen molar-refractivity contribution in [2.45, 2.75) is 12.6 Å². The molecule has 178 valence electrons. The van der Waals surface area contributed by atoms with Gasteiger partial charge in [-0.05, 0) is 63.5 Å². The van der Waals surface area contributed by atoms with Crippen LogP contribution in [0.2, 0.25) is 5.02 Å². The maximum atomic E-state index is 13.8. The van der Waals surface area contributed by atoms with Crippen LogP contribution < -0.4 is 5.32 Å². The second-order valence-electron chi connectivity index (χ2n) is 7.95. The van der Waals surface area contributed by atoms with Crippen LogP contribution in [0.5, 0.6) is 0 Å². The second-order valence-corrected chi connectivity index (χ2v) is 8.35. The Bertz CT molecular complexity index is 1320. The topological polar surface area (TPSA) is 58.3 Å². The van der Waals surface area contributed by atoms with Crippen molar-refractivity contribution in [3.63, 3.8) is 0 Å². The number of alkyl halides is 3. The summed E-state index contributed by atoms with van der Waals surface area (Å²) in [4.78, 5) is 10.9. The Labute approximate surface area is 198 Å². The molecule has 6 nitrogen and oxygen atoms in total. The van der Waals surface area contributed by atoms with Crippen molar-refractivity contribution < 1.29 is 17.6 Å². The third-order valence-electron chi connectivity index (χ3n) is 5.13. The molecule has 0 atom stereocenters. The van der Waals surface area contributed by atoms with E-state index >= 15 is 0 Å². The molecule has 0 radical (unpaired) electrons. The number of benzene rings is 1. The summed E-state index contributed by atoms with van der Waals surface area (Å²) < 4.78 is 54.8. The van der Waals surface area contributed by atoms with E-state index in [4.69, 9.17) is 11.6 Å². The van der Waals surface area contributed by atoms with Gasteiger partial charge in [-0.3, -0.25) is 0 Å². The molecule has 0 saturated carbocycles. The monoisotopic (exact) mass is 492 g/mol. The van der Waals surface area contributed by atoms with Crippen LogP contribution in [0.3, 0.4) is 0 Å². The Kier molecular flexibility index (Phi) is 6.72. The Balaban J connectivity index is 1.82. The largest absolute Gasteiger partial charge is 0.417 e. The molecular formula is C23H21ClF4N6. The van der Waals surface area contributed by atoms with E-state index in [1.165, 1.54) is 24.3 Å². The molecular weight excluding hydrogens is 472 g/mol. The summed E-state index contributed by atoms with van der Waals surface area (Å²) >= 11 is 5.97. The number of halogens is 5. The quantitative estimate of drug-likeness (QED) is 0.267. The Morgan fingerprint density at radius 1 is 1.12 bits per heavy atom. The van der Waals surface area contributed by atoms with Gasteiger partial charge in [-0.2, -0.15) is 18.3 Å². The van der Waals surface area contributed by atoms with Crippen molar-refractivity contribution in [3.05, 3.63) is 65.2 Å². The number of nitrogens with zero attached hydrogens (tertiary/aromatic N) is 5. The zero-order valence-corrected chi connectivity index (χ0v) is 19.1. The SMILES string of the molecule is CN(C)CCCNc1nccc(-c2c(-c3ccc(F)c(Cl)c3)nn3cc(C(F)(F)F)ccc23)n1. The minimum atomic E-state index is -4.53. The summed E-state index contributed by atoms with van der Waals surface area (Å²) in [6, 6.07) is 8.02. The standard InChI is InChI=1S/C23H21ClF4N6/c1-33(2)11-3-9-29-22-30-10-8-18(31-22)20-19-7-5-15(23(26,27)28)13-34(19)32-21(20)14-4-6-17(25)16(24)12-14/h4-8,10,12-13H,3,9,11H2,1-2H3,(H,29,30,31). The van der Waals surface area contributed by atoms with Crippen molar-refractivity contribution in [1.29, 1.82) is 0 Å². The molecule has 4 rings (SSSR count). The van der Waals surface area contributed by atoms with Crippen molar-refractivity contribution in [2.24, 2.45) is 0 Å². The molecule has 1 aromatic carbocycles. The number of fused-ring (bicyclic) bond motifs is 1. The van der Waals surface area contributed by atoms with Gasteiger partial charge in [-0.25, -0.2) is 18.9 Å². The Hall–Kier alpha value is -3.24. The maximum Gasteiger partial charge on any atom is 0.417 e. The predicted molar refractivity (Wildman–Crippen MR) is 123 cm³/mol. The Morgan fingerprint density at radius 3 is 2.62 bits per heavy atom. The van der Waals surface area contributed by atoms with Gasteiger partial charge in [0.05, 0.1) is 27.4 Å². The molecule has 0 unspecified atom stereocenters. The molecule has 4 aromatic rings. The van der Waals surface area contributed by atoms with E-state index in [9.17, 15) is 17.6 Å². The fourth-order valence-corrected chi connectivity index (χ4v) is 3.67. The lowest BCUT2D eigenvalue weighted by molar-refractivity contribution is -0.137. The lowest BCUT2D eigenvalue weighted by Gasteiger charge is -2.10. The number of hydrogen-bond acceptors (Lipinski definition) is 5. The summed E-state index contributed by atoms with van der Waals surface area (Å²) in [6.45, 7) is 1.53. The first kappa shape index (κ1) is 23.9. The van der Waals surface area contributed by atoms with Crippen molar-refractivity contribution in [1.82, 2.24) is 24.5 Å². The average Bonchev–Trinajstić information content (AvgIpc) is 3.17. The summed E-state index contributed by atoms with van der Waals surface area (Å²) in [6.07, 6.45) is -1.18. The highest BCUT2D eigenvalue weighted by molar-refractivity contribution is 6.31. The molecule has 0 saturated heterocycles. The van der Waals surface area contributed by atoms with Gasteiger partial charge >= 0.3 is 6.18 Å². The molecule has 34 heavy (non-hydrogen) atoms. The first-order chi connectivity index (χ1) is 16.1. The Morgan fingerprint density at radius 2 is 1.91 bits per heavy atom. The van der Waals surface area contributed by atoms with Gasteiger partial charge in [0.2, 0.25) is 5.95 Å². The highest BCUT2D eigenvalue weighted by Crippen LogP contribution is 2.37. The molecule has 0 amide bonds. The lowest BCUT2D eigenvalue weighted by Crippen LogP contribution is -2.17. The van der Waals surface area contributed by atoms with Crippen LogP contribution in [0.4, 0.5) is 23.5 Å². The molecule has 0 fully saturated rings. The maximum absolute atomic E-state index is 13.8. The summed E-state index contributed by atoms with van der Waals surface area (Å²) in [7, 11) is 3.96. The highest BCUT2D eigenvalue weighted by atomic mass is 35.5. The van der Waals surface area contributed by atoms with Gasteiger partial charge in [0.25, 0.3) is 0 Å². The number of aromatic nitrogens is 4. The summed E-state index contributed by atoms with van der Waals surface area (Å²) in [5.74, 6) is -0.230. The van der Waals surface area contributed by atoms with Gasteiger partial charge in [-0.1, -0.05) is 11.6 Å². The normalized spacial score (nSPS) is 12.0. The second kappa shape index (κ2) is 9.55. The summed E-state index contributed by atoms with van der Waals surface area (Å²) in [5, 5.41) is 7.41. The van der Waals surface area contributed by atoms with Crippen LogP contribution in [0.15, 0.2) is 48.8 Å². The first-order valence-electron chi connectivity index (χ1n) is 10.4. The van der Waals surface area contributed by atoms with Crippen LogP contribution in [0.25, 0.3) is 28.0 Å². The van der Waals surface area contributed by atoms with Crippen LogP contribution in [0.1, 0.15) is 12.0 Å². The van der Waals surface area contributed by atoms with E-state index in [1.54, 1.807) is 12.3 Å². The van der Waals surface area contributed by atoms with Crippen LogP contribution in [-0.4, -0.2) is 51.7 Å². The number of pyridine rings is 1. The van der Waals surface area contributed by atoms with E-state index in [0.717, 1.165) is 29.7 Å². The molecule has 0 aliphatic rings. The van der Waals surface area contributed by atoms with Crippen molar-refractivity contribution in [2.75, 3.05) is 32.5 Å². The zero-order valence-electron chi connectivity index (χ0n) is 18.4. The van der Waals surface area contributed by atoms with Crippen molar-refractivity contribution in [3.8, 4) is 22.5 Å². The molecule has 0 aliphatic carbocycles. The zero-order chi connectivity index (χ0) is 24.5. The third-order valence-corrected chi connectivity index (χ3v) is 5.42. The molecule has 3 heterocycles. The number of hydrogen-bond donors (Lipinski definition) is 1. The van der Waals surface area contributed by atoms with E-state index in [-0.39, 0.29) is 5.02 Å². The van der Waals surface area contributed by atoms with E-state index in [1.807, 2.05) is 14.1 Å². The van der Waals surface area contributed by atoms with Gasteiger partial charge in [-0.15, -0.1) is 0 Å². The first-order valence-corrected chi connectivity index (χ1v) is 10.8. The minimum absolute atomic E-state index is 0.123. The molecule has 11 heteroatoms. The van der Waals surface area contributed by atoms with Gasteiger partial charge in [0.15, 0.2) is 0 Å². The average molecular weight is 493 g/mol. The molecule has 0 spiro atoms. The van der Waals surface area contributed by atoms with Crippen LogP contribution in [0, 0.1) is 5.82 Å². The van der Waals surface area contributed by atoms with Gasteiger partial charge in [0.1, 0.15) is 11.5 Å². The molecule has 0 bridgehead atoms. The van der Waals surface area contributed by atoms with Gasteiger partial charge in [0, 0.05) is 24.5 Å². The number of anilines is 1. The minimum Gasteiger partial charge on any atom is -0.354 e. The predicted octanol–water partition coefficient (Wildman–Crippen LogP) is 5.63. The fourth-order valence-electron chi connectivity index (χ4n) is 3.49.